The zero-order valence-corrected chi connectivity index (χ0v) is 15.9. The maximum Gasteiger partial charge on any atom is 0.254 e. The Labute approximate surface area is 156 Å². The second-order valence-electron chi connectivity index (χ2n) is 6.86. The minimum absolute atomic E-state index is 0.473. The summed E-state index contributed by atoms with van der Waals surface area (Å²) in [7, 11) is 0. The van der Waals surface area contributed by atoms with Crippen LogP contribution in [0.5, 0.6) is 11.5 Å². The summed E-state index contributed by atoms with van der Waals surface area (Å²) < 4.78 is 11.0. The number of aliphatic hydroxyl groups excluding tert-OH is 1. The number of anilines is 1. The number of ether oxygens (including phenoxy) is 2. The number of rotatable bonds is 9. The Morgan fingerprint density at radius 2 is 1.92 bits per heavy atom. The molecule has 1 saturated carbocycles. The Morgan fingerprint density at radius 3 is 2.58 bits per heavy atom. The van der Waals surface area contributed by atoms with Gasteiger partial charge < -0.3 is 25.6 Å². The molecule has 1 aromatic rings. The molecule has 4 N–H and O–H groups in total. The number of nitrogens with one attached hydrogen (secondary N) is 1. The van der Waals surface area contributed by atoms with Crippen LogP contribution >= 0.6 is 0 Å². The molecule has 2 atom stereocenters. The molecule has 0 heterocycles. The summed E-state index contributed by atoms with van der Waals surface area (Å²) in [4.78, 5) is 12.5. The molecule has 6 nitrogen and oxygen atoms in total. The van der Waals surface area contributed by atoms with Crippen LogP contribution in [0.2, 0.25) is 0 Å². The van der Waals surface area contributed by atoms with Gasteiger partial charge in [0.2, 0.25) is 0 Å². The van der Waals surface area contributed by atoms with E-state index in [-0.39, 0.29) is 0 Å². The van der Waals surface area contributed by atoms with Crippen LogP contribution in [-0.4, -0.2) is 36.4 Å². The Kier molecular flexibility index (Phi) is 8.19. The van der Waals surface area contributed by atoms with E-state index in [0.29, 0.717) is 42.7 Å². The quantitative estimate of drug-likeness (QED) is 0.626. The van der Waals surface area contributed by atoms with Gasteiger partial charge in [-0.1, -0.05) is 32.1 Å². The number of nitrogens with two attached hydrogens (primary N) is 1. The summed E-state index contributed by atoms with van der Waals surface area (Å²) in [6.07, 6.45) is 5.38. The highest BCUT2D eigenvalue weighted by atomic mass is 16.5. The Bertz CT molecular complexity index is 573. The predicted octanol–water partition coefficient (Wildman–Crippen LogP) is 3.08. The number of amides is 1. The first-order chi connectivity index (χ1) is 12.5. The first-order valence-electron chi connectivity index (χ1n) is 9.69. The van der Waals surface area contributed by atoms with Gasteiger partial charge in [0.05, 0.1) is 18.9 Å². The predicted molar refractivity (Wildman–Crippen MR) is 103 cm³/mol. The second-order valence-corrected chi connectivity index (χ2v) is 6.86. The lowest BCUT2D eigenvalue weighted by molar-refractivity contribution is -0.125. The zero-order valence-electron chi connectivity index (χ0n) is 15.9. The fourth-order valence-electron chi connectivity index (χ4n) is 3.48. The Balaban J connectivity index is 2.00. The second kappa shape index (κ2) is 10.4. The molecule has 0 aliphatic heterocycles. The minimum atomic E-state index is -1.25. The first-order valence-corrected chi connectivity index (χ1v) is 9.69. The topological polar surface area (TPSA) is 93.8 Å². The largest absolute Gasteiger partial charge is 0.494 e. The number of carbonyl (C=O) groups excluding carboxylic acids is 1. The van der Waals surface area contributed by atoms with E-state index in [0.717, 1.165) is 12.8 Å². The number of carbonyl (C=O) groups is 1. The average Bonchev–Trinajstić information content (AvgIpc) is 2.64. The smallest absolute Gasteiger partial charge is 0.254 e. The molecule has 0 radical (unpaired) electrons. The molecule has 0 bridgehead atoms. The summed E-state index contributed by atoms with van der Waals surface area (Å²) in [6.45, 7) is 4.76. The van der Waals surface area contributed by atoms with Crippen molar-refractivity contribution >= 4 is 11.6 Å². The SMILES string of the molecule is CCOc1ccc(OCC)c(NC(=O)C(O)[C@H](N)CC2CCCCC2)c1. The summed E-state index contributed by atoms with van der Waals surface area (Å²) in [6, 6.07) is 4.67. The van der Waals surface area contributed by atoms with E-state index in [1.807, 2.05) is 13.8 Å². The van der Waals surface area contributed by atoms with Gasteiger partial charge in [-0.3, -0.25) is 4.79 Å². The summed E-state index contributed by atoms with van der Waals surface area (Å²) in [5, 5.41) is 13.1. The van der Waals surface area contributed by atoms with Crippen LogP contribution in [0, 0.1) is 5.92 Å². The van der Waals surface area contributed by atoms with E-state index in [1.165, 1.54) is 19.3 Å². The van der Waals surface area contributed by atoms with Gasteiger partial charge in [-0.05, 0) is 38.3 Å². The third kappa shape index (κ3) is 5.88. The molecule has 1 aliphatic carbocycles. The van der Waals surface area contributed by atoms with Crippen molar-refractivity contribution in [3.05, 3.63) is 18.2 Å². The highest BCUT2D eigenvalue weighted by Gasteiger charge is 2.27. The molecular formula is C20H32N2O4. The van der Waals surface area contributed by atoms with Crippen LogP contribution in [0.1, 0.15) is 52.4 Å². The van der Waals surface area contributed by atoms with Crippen LogP contribution in [-0.2, 0) is 4.79 Å². The van der Waals surface area contributed by atoms with Crippen molar-refractivity contribution in [2.45, 2.75) is 64.5 Å². The third-order valence-electron chi connectivity index (χ3n) is 4.82. The Morgan fingerprint density at radius 1 is 1.23 bits per heavy atom. The lowest BCUT2D eigenvalue weighted by Crippen LogP contribution is -2.44. The molecule has 1 fully saturated rings. The lowest BCUT2D eigenvalue weighted by atomic mass is 9.84. The summed E-state index contributed by atoms with van der Waals surface area (Å²) in [5.74, 6) is 1.16. The van der Waals surface area contributed by atoms with Gasteiger partial charge in [0, 0.05) is 12.1 Å². The molecular weight excluding hydrogens is 332 g/mol. The molecule has 1 aromatic carbocycles. The van der Waals surface area contributed by atoms with Crippen molar-refractivity contribution in [1.29, 1.82) is 0 Å². The number of benzene rings is 1. The monoisotopic (exact) mass is 364 g/mol. The maximum atomic E-state index is 12.5. The number of hydrogen-bond acceptors (Lipinski definition) is 5. The van der Waals surface area contributed by atoms with Gasteiger partial charge in [0.15, 0.2) is 0 Å². The van der Waals surface area contributed by atoms with Crippen LogP contribution in [0.25, 0.3) is 0 Å². The lowest BCUT2D eigenvalue weighted by Gasteiger charge is -2.26. The van der Waals surface area contributed by atoms with E-state index in [9.17, 15) is 9.90 Å². The van der Waals surface area contributed by atoms with Crippen LogP contribution in [0.3, 0.4) is 0 Å². The van der Waals surface area contributed by atoms with Crippen molar-refractivity contribution in [2.24, 2.45) is 11.7 Å². The van der Waals surface area contributed by atoms with Gasteiger partial charge in [0.25, 0.3) is 5.91 Å². The fraction of sp³-hybridized carbons (Fsp3) is 0.650. The van der Waals surface area contributed by atoms with Crippen molar-refractivity contribution < 1.29 is 19.4 Å². The van der Waals surface area contributed by atoms with E-state index in [4.69, 9.17) is 15.2 Å². The fourth-order valence-corrected chi connectivity index (χ4v) is 3.48. The normalized spacial score (nSPS) is 17.4. The van der Waals surface area contributed by atoms with Gasteiger partial charge in [-0.2, -0.15) is 0 Å². The van der Waals surface area contributed by atoms with Gasteiger partial charge >= 0.3 is 0 Å². The van der Waals surface area contributed by atoms with Crippen LogP contribution < -0.4 is 20.5 Å². The van der Waals surface area contributed by atoms with E-state index in [1.54, 1.807) is 18.2 Å². The molecule has 26 heavy (non-hydrogen) atoms. The molecule has 2 rings (SSSR count). The molecule has 0 saturated heterocycles. The standard InChI is InChI=1S/C20H32N2O4/c1-3-25-15-10-11-18(26-4-2)17(13-15)22-20(24)19(23)16(21)12-14-8-6-5-7-9-14/h10-11,13-14,16,19,23H,3-9,12,21H2,1-2H3,(H,22,24)/t16-,19?/m1/s1. The molecule has 1 aliphatic rings. The van der Waals surface area contributed by atoms with Crippen molar-refractivity contribution in [1.82, 2.24) is 0 Å². The molecule has 1 amide bonds. The Hall–Kier alpha value is -1.79. The summed E-state index contributed by atoms with van der Waals surface area (Å²) >= 11 is 0. The van der Waals surface area contributed by atoms with Gasteiger partial charge in [-0.25, -0.2) is 0 Å². The number of hydrogen-bond donors (Lipinski definition) is 3. The van der Waals surface area contributed by atoms with Crippen LogP contribution in [0.4, 0.5) is 5.69 Å². The van der Waals surface area contributed by atoms with E-state index < -0.39 is 18.1 Å². The van der Waals surface area contributed by atoms with E-state index in [2.05, 4.69) is 5.32 Å². The average molecular weight is 364 g/mol. The van der Waals surface area contributed by atoms with Crippen LogP contribution in [0.15, 0.2) is 18.2 Å². The van der Waals surface area contributed by atoms with Crippen molar-refractivity contribution in [3.63, 3.8) is 0 Å². The highest BCUT2D eigenvalue weighted by molar-refractivity contribution is 5.96. The van der Waals surface area contributed by atoms with Crippen molar-refractivity contribution in [3.8, 4) is 11.5 Å². The van der Waals surface area contributed by atoms with Crippen molar-refractivity contribution in [2.75, 3.05) is 18.5 Å². The zero-order chi connectivity index (χ0) is 18.9. The minimum Gasteiger partial charge on any atom is -0.494 e. The number of aliphatic hydroxyl groups is 1. The van der Waals surface area contributed by atoms with Gasteiger partial charge in [-0.15, -0.1) is 0 Å². The molecule has 0 aromatic heterocycles. The molecule has 146 valence electrons. The molecule has 1 unspecified atom stereocenters. The molecule has 6 heteroatoms. The highest BCUT2D eigenvalue weighted by Crippen LogP contribution is 2.30. The third-order valence-corrected chi connectivity index (χ3v) is 4.82. The maximum absolute atomic E-state index is 12.5. The molecule has 0 spiro atoms. The first kappa shape index (κ1) is 20.5. The van der Waals surface area contributed by atoms with Gasteiger partial charge in [0.1, 0.15) is 17.6 Å². The van der Waals surface area contributed by atoms with E-state index >= 15 is 0 Å². The summed E-state index contributed by atoms with van der Waals surface area (Å²) in [5.41, 5.74) is 6.59.